The molecule has 1 saturated heterocycles. The zero-order valence-corrected chi connectivity index (χ0v) is 13.8. The Morgan fingerprint density at radius 3 is 2.76 bits per heavy atom. The number of amides is 1. The third-order valence-corrected chi connectivity index (χ3v) is 4.34. The third-order valence-electron chi connectivity index (χ3n) is 4.34. The second kappa shape index (κ2) is 7.89. The van der Waals surface area contributed by atoms with E-state index in [-0.39, 0.29) is 11.8 Å². The fraction of sp³-hybridized carbons (Fsp3) is 0.412. The van der Waals surface area contributed by atoms with Crippen LogP contribution in [0.2, 0.25) is 0 Å². The lowest BCUT2D eigenvalue weighted by atomic mass is 9.88. The van der Waals surface area contributed by atoms with Gasteiger partial charge < -0.3 is 15.4 Å². The number of piperidine rings is 1. The average molecular weight is 343 g/mol. The lowest BCUT2D eigenvalue weighted by Crippen LogP contribution is -2.47. The van der Waals surface area contributed by atoms with Gasteiger partial charge in [0, 0.05) is 31.7 Å². The van der Waals surface area contributed by atoms with Crippen LogP contribution < -0.4 is 5.32 Å². The summed E-state index contributed by atoms with van der Waals surface area (Å²) in [6.07, 6.45) is 5.40. The zero-order chi connectivity index (χ0) is 17.6. The van der Waals surface area contributed by atoms with Gasteiger partial charge in [-0.25, -0.2) is 4.98 Å². The van der Waals surface area contributed by atoms with Crippen molar-refractivity contribution in [3.05, 3.63) is 48.3 Å². The van der Waals surface area contributed by atoms with Gasteiger partial charge in [-0.1, -0.05) is 6.07 Å². The molecule has 2 aromatic heterocycles. The number of likely N-dealkylation sites (tertiary alicyclic amines) is 1. The molecule has 8 heteroatoms. The Balaban J connectivity index is 1.61. The number of carbonyl (C=O) groups excluding carboxylic acids is 1. The fourth-order valence-corrected chi connectivity index (χ4v) is 3.11. The van der Waals surface area contributed by atoms with Crippen LogP contribution >= 0.6 is 0 Å². The number of H-pyrrole nitrogens is 1. The lowest BCUT2D eigenvalue weighted by molar-refractivity contribution is -0.145. The van der Waals surface area contributed by atoms with Crippen molar-refractivity contribution >= 4 is 11.9 Å². The van der Waals surface area contributed by atoms with Gasteiger partial charge in [0.15, 0.2) is 0 Å². The Kier molecular flexibility index (Phi) is 5.39. The number of aliphatic carboxylic acids is 1. The standard InChI is InChI=1S/C17H21N5O3/c23-16(21-8-14-3-1-2-4-18-14)12-7-13(17(24)25)10-22(9-12)11-15-19-5-6-20-15/h1-6,12-13H,7-11H2,(H,19,20)(H,21,23)(H,24,25)/t12-,13+/m1/s1. The molecule has 0 aromatic carbocycles. The van der Waals surface area contributed by atoms with Crippen LogP contribution in [0.4, 0.5) is 0 Å². The topological polar surface area (TPSA) is 111 Å². The number of carboxylic acid groups (broad SMARTS) is 1. The van der Waals surface area contributed by atoms with Crippen molar-refractivity contribution in [3.63, 3.8) is 0 Å². The molecule has 0 saturated carbocycles. The fourth-order valence-electron chi connectivity index (χ4n) is 3.11. The Morgan fingerprint density at radius 2 is 2.08 bits per heavy atom. The van der Waals surface area contributed by atoms with Gasteiger partial charge in [-0.05, 0) is 18.6 Å². The van der Waals surface area contributed by atoms with E-state index in [2.05, 4.69) is 20.3 Å². The lowest BCUT2D eigenvalue weighted by Gasteiger charge is -2.35. The van der Waals surface area contributed by atoms with E-state index < -0.39 is 11.9 Å². The summed E-state index contributed by atoms with van der Waals surface area (Å²) in [4.78, 5) is 37.3. The molecular weight excluding hydrogens is 322 g/mol. The first kappa shape index (κ1) is 17.1. The van der Waals surface area contributed by atoms with Gasteiger partial charge in [0.25, 0.3) is 0 Å². The van der Waals surface area contributed by atoms with E-state index in [9.17, 15) is 14.7 Å². The van der Waals surface area contributed by atoms with Gasteiger partial charge in [-0.15, -0.1) is 0 Å². The summed E-state index contributed by atoms with van der Waals surface area (Å²) >= 11 is 0. The minimum atomic E-state index is -0.869. The van der Waals surface area contributed by atoms with Gasteiger partial charge in [0.1, 0.15) is 5.82 Å². The second-order valence-electron chi connectivity index (χ2n) is 6.24. The molecule has 2 atom stereocenters. The van der Waals surface area contributed by atoms with Gasteiger partial charge >= 0.3 is 5.97 Å². The van der Waals surface area contributed by atoms with Crippen molar-refractivity contribution in [1.82, 2.24) is 25.2 Å². The Hall–Kier alpha value is -2.74. The molecule has 0 spiro atoms. The monoisotopic (exact) mass is 343 g/mol. The molecule has 3 N–H and O–H groups in total. The molecular formula is C17H21N5O3. The van der Waals surface area contributed by atoms with E-state index in [0.717, 1.165) is 11.5 Å². The molecule has 3 heterocycles. The number of nitrogens with one attached hydrogen (secondary N) is 2. The van der Waals surface area contributed by atoms with Gasteiger partial charge in [-0.3, -0.25) is 19.5 Å². The van der Waals surface area contributed by atoms with Gasteiger partial charge in [0.05, 0.1) is 30.6 Å². The highest BCUT2D eigenvalue weighted by atomic mass is 16.4. The van der Waals surface area contributed by atoms with Crippen molar-refractivity contribution in [3.8, 4) is 0 Å². The van der Waals surface area contributed by atoms with E-state index in [1.165, 1.54) is 0 Å². The Bertz CT molecular complexity index is 704. The van der Waals surface area contributed by atoms with E-state index in [1.807, 2.05) is 23.1 Å². The third kappa shape index (κ3) is 4.63. The first-order valence-corrected chi connectivity index (χ1v) is 8.23. The van der Waals surface area contributed by atoms with Crippen LogP contribution in [0.1, 0.15) is 17.9 Å². The number of hydrogen-bond donors (Lipinski definition) is 3. The van der Waals surface area contributed by atoms with Crippen LogP contribution in [0, 0.1) is 11.8 Å². The number of pyridine rings is 1. The van der Waals surface area contributed by atoms with Crippen molar-refractivity contribution in [1.29, 1.82) is 0 Å². The maximum absolute atomic E-state index is 12.5. The molecule has 1 amide bonds. The first-order chi connectivity index (χ1) is 12.1. The number of nitrogens with zero attached hydrogens (tertiary/aromatic N) is 3. The van der Waals surface area contributed by atoms with Crippen molar-refractivity contribution < 1.29 is 14.7 Å². The predicted molar refractivity (Wildman–Crippen MR) is 89.2 cm³/mol. The number of carboxylic acids is 1. The van der Waals surface area contributed by atoms with E-state index >= 15 is 0 Å². The van der Waals surface area contributed by atoms with E-state index in [0.29, 0.717) is 32.6 Å². The highest BCUT2D eigenvalue weighted by Gasteiger charge is 2.35. The molecule has 8 nitrogen and oxygen atoms in total. The minimum Gasteiger partial charge on any atom is -0.481 e. The van der Waals surface area contributed by atoms with Crippen LogP contribution in [0.25, 0.3) is 0 Å². The molecule has 0 radical (unpaired) electrons. The number of hydrogen-bond acceptors (Lipinski definition) is 5. The van der Waals surface area contributed by atoms with Crippen LogP contribution in [0.5, 0.6) is 0 Å². The molecule has 0 aliphatic carbocycles. The summed E-state index contributed by atoms with van der Waals surface area (Å²) in [6, 6.07) is 5.52. The molecule has 2 aromatic rings. The smallest absolute Gasteiger partial charge is 0.307 e. The summed E-state index contributed by atoms with van der Waals surface area (Å²) in [7, 11) is 0. The summed E-state index contributed by atoms with van der Waals surface area (Å²) in [5, 5.41) is 12.3. The molecule has 1 fully saturated rings. The van der Waals surface area contributed by atoms with Gasteiger partial charge in [0.2, 0.25) is 5.91 Å². The van der Waals surface area contributed by atoms with Crippen LogP contribution in [-0.2, 0) is 22.7 Å². The quantitative estimate of drug-likeness (QED) is 0.710. The largest absolute Gasteiger partial charge is 0.481 e. The SMILES string of the molecule is O=C(O)[C@H]1C[C@@H](C(=O)NCc2ccccn2)CN(Cc2ncc[nH]2)C1. The normalized spacial score (nSPS) is 21.0. The highest BCUT2D eigenvalue weighted by Crippen LogP contribution is 2.23. The Morgan fingerprint density at radius 1 is 1.24 bits per heavy atom. The average Bonchev–Trinajstić information content (AvgIpc) is 3.13. The molecule has 1 aliphatic rings. The van der Waals surface area contributed by atoms with Crippen molar-refractivity contribution in [2.75, 3.05) is 13.1 Å². The molecule has 3 rings (SSSR count). The van der Waals surface area contributed by atoms with E-state index in [1.54, 1.807) is 18.6 Å². The summed E-state index contributed by atoms with van der Waals surface area (Å²) in [5.41, 5.74) is 0.772. The van der Waals surface area contributed by atoms with Crippen molar-refractivity contribution in [2.45, 2.75) is 19.5 Å². The van der Waals surface area contributed by atoms with Gasteiger partial charge in [-0.2, -0.15) is 0 Å². The van der Waals surface area contributed by atoms with E-state index in [4.69, 9.17) is 0 Å². The molecule has 0 bridgehead atoms. The second-order valence-corrected chi connectivity index (χ2v) is 6.24. The highest BCUT2D eigenvalue weighted by molar-refractivity contribution is 5.80. The molecule has 25 heavy (non-hydrogen) atoms. The van der Waals surface area contributed by atoms with Crippen molar-refractivity contribution in [2.24, 2.45) is 11.8 Å². The number of rotatable bonds is 6. The maximum atomic E-state index is 12.5. The zero-order valence-electron chi connectivity index (χ0n) is 13.8. The van der Waals surface area contributed by atoms with Crippen LogP contribution in [0.3, 0.4) is 0 Å². The summed E-state index contributed by atoms with van der Waals surface area (Å²) in [5.74, 6) is -1.17. The first-order valence-electron chi connectivity index (χ1n) is 8.23. The summed E-state index contributed by atoms with van der Waals surface area (Å²) < 4.78 is 0. The molecule has 132 valence electrons. The predicted octanol–water partition coefficient (Wildman–Crippen LogP) is 0.644. The number of carbonyl (C=O) groups is 2. The minimum absolute atomic E-state index is 0.138. The summed E-state index contributed by atoms with van der Waals surface area (Å²) in [6.45, 7) is 1.77. The number of imidazole rings is 1. The number of aromatic nitrogens is 3. The molecule has 1 aliphatic heterocycles. The molecule has 0 unspecified atom stereocenters. The maximum Gasteiger partial charge on any atom is 0.307 e. The Labute approximate surface area is 145 Å². The van der Waals surface area contributed by atoms with Crippen LogP contribution in [0.15, 0.2) is 36.8 Å². The van der Waals surface area contributed by atoms with Crippen LogP contribution in [-0.4, -0.2) is 49.9 Å². The number of aromatic amines is 1.